The predicted octanol–water partition coefficient (Wildman–Crippen LogP) is 2.37. The highest BCUT2D eigenvalue weighted by molar-refractivity contribution is 5.75. The summed E-state index contributed by atoms with van der Waals surface area (Å²) in [6, 6.07) is 12.0. The number of rotatable bonds is 4. The number of fused-ring (bicyclic) bond motifs is 2. The van der Waals surface area contributed by atoms with E-state index >= 15 is 0 Å². The minimum absolute atomic E-state index is 0.0179. The Hall–Kier alpha value is -2.73. The van der Waals surface area contributed by atoms with E-state index in [-0.39, 0.29) is 5.69 Å². The lowest BCUT2D eigenvalue weighted by Gasteiger charge is -2.29. The van der Waals surface area contributed by atoms with E-state index < -0.39 is 0 Å². The van der Waals surface area contributed by atoms with Gasteiger partial charge in [-0.15, -0.1) is 0 Å². The largest absolute Gasteiger partial charge is 0.493 e. The molecule has 1 aromatic heterocycles. The van der Waals surface area contributed by atoms with Crippen molar-refractivity contribution in [2.75, 3.05) is 20.8 Å². The number of aromatic nitrogens is 2. The molecule has 6 nitrogen and oxygen atoms in total. The van der Waals surface area contributed by atoms with Gasteiger partial charge < -0.3 is 9.47 Å². The lowest BCUT2D eigenvalue weighted by Crippen LogP contribution is -2.36. The summed E-state index contributed by atoms with van der Waals surface area (Å²) < 4.78 is 14.4. The lowest BCUT2D eigenvalue weighted by atomic mass is 9.99. The Kier molecular flexibility index (Phi) is 4.20. The van der Waals surface area contributed by atoms with Crippen molar-refractivity contribution < 1.29 is 9.47 Å². The van der Waals surface area contributed by atoms with Crippen molar-refractivity contribution in [3.8, 4) is 11.5 Å². The standard InChI is InChI=1S/C20H23N3O3/c1-21-16-6-4-5-7-17(16)23(20(21)24)13-22-9-8-14-10-18(25-2)19(26-3)11-15(14)12-22/h4-7,10-11H,8-9,12-13H2,1-3H3. The van der Waals surface area contributed by atoms with Gasteiger partial charge in [0, 0.05) is 20.1 Å². The third-order valence-corrected chi connectivity index (χ3v) is 5.19. The summed E-state index contributed by atoms with van der Waals surface area (Å²) in [5.74, 6) is 1.51. The average molecular weight is 353 g/mol. The molecule has 0 N–H and O–H groups in total. The highest BCUT2D eigenvalue weighted by Crippen LogP contribution is 2.33. The van der Waals surface area contributed by atoms with Gasteiger partial charge >= 0.3 is 5.69 Å². The zero-order valence-corrected chi connectivity index (χ0v) is 15.4. The first kappa shape index (κ1) is 16.7. The molecule has 0 spiro atoms. The number of hydrogen-bond donors (Lipinski definition) is 0. The summed E-state index contributed by atoms with van der Waals surface area (Å²) in [5, 5.41) is 0. The van der Waals surface area contributed by atoms with Gasteiger partial charge in [0.15, 0.2) is 11.5 Å². The molecule has 0 saturated carbocycles. The molecule has 0 saturated heterocycles. The first-order chi connectivity index (χ1) is 12.6. The Morgan fingerprint density at radius 2 is 1.65 bits per heavy atom. The van der Waals surface area contributed by atoms with Crippen LogP contribution in [0.3, 0.4) is 0 Å². The van der Waals surface area contributed by atoms with Gasteiger partial charge in [-0.2, -0.15) is 0 Å². The van der Waals surface area contributed by atoms with Crippen LogP contribution in [0.1, 0.15) is 11.1 Å². The van der Waals surface area contributed by atoms with E-state index in [0.717, 1.165) is 42.0 Å². The van der Waals surface area contributed by atoms with Gasteiger partial charge in [-0.05, 0) is 41.8 Å². The van der Waals surface area contributed by atoms with Crippen molar-refractivity contribution in [1.29, 1.82) is 0 Å². The maximum absolute atomic E-state index is 12.7. The van der Waals surface area contributed by atoms with E-state index in [1.165, 1.54) is 11.1 Å². The van der Waals surface area contributed by atoms with Crippen molar-refractivity contribution >= 4 is 11.0 Å². The first-order valence-corrected chi connectivity index (χ1v) is 8.72. The molecule has 6 heteroatoms. The van der Waals surface area contributed by atoms with Gasteiger partial charge in [-0.3, -0.25) is 14.0 Å². The second-order valence-corrected chi connectivity index (χ2v) is 6.68. The molecule has 0 amide bonds. The SMILES string of the molecule is COc1cc2c(cc1OC)CN(Cn1c(=O)n(C)c3ccccc31)CC2. The fourth-order valence-electron chi connectivity index (χ4n) is 3.76. The summed E-state index contributed by atoms with van der Waals surface area (Å²) in [6.07, 6.45) is 0.926. The average Bonchev–Trinajstić information content (AvgIpc) is 2.92. The van der Waals surface area contributed by atoms with Gasteiger partial charge in [0.1, 0.15) is 0 Å². The molecule has 2 heterocycles. The van der Waals surface area contributed by atoms with Gasteiger partial charge in [0.05, 0.1) is 31.9 Å². The Bertz CT molecular complexity index is 1020. The molecule has 3 aromatic rings. The molecule has 1 aliphatic heterocycles. The van der Waals surface area contributed by atoms with Crippen molar-refractivity contribution in [1.82, 2.24) is 14.0 Å². The number of para-hydroxylation sites is 2. The molecule has 0 unspecified atom stereocenters. The zero-order valence-electron chi connectivity index (χ0n) is 15.4. The minimum Gasteiger partial charge on any atom is -0.493 e. The molecule has 0 atom stereocenters. The zero-order chi connectivity index (χ0) is 18.3. The summed E-state index contributed by atoms with van der Waals surface area (Å²) >= 11 is 0. The van der Waals surface area contributed by atoms with E-state index in [9.17, 15) is 4.79 Å². The van der Waals surface area contributed by atoms with Crippen LogP contribution < -0.4 is 15.2 Å². The van der Waals surface area contributed by atoms with E-state index in [2.05, 4.69) is 11.0 Å². The smallest absolute Gasteiger partial charge is 0.329 e. The fourth-order valence-corrected chi connectivity index (χ4v) is 3.76. The second kappa shape index (κ2) is 6.53. The lowest BCUT2D eigenvalue weighted by molar-refractivity contribution is 0.199. The van der Waals surface area contributed by atoms with Crippen LogP contribution in [0.5, 0.6) is 11.5 Å². The molecular weight excluding hydrogens is 330 g/mol. The minimum atomic E-state index is 0.0179. The van der Waals surface area contributed by atoms with Crippen LogP contribution >= 0.6 is 0 Å². The number of methoxy groups -OCH3 is 2. The second-order valence-electron chi connectivity index (χ2n) is 6.68. The van der Waals surface area contributed by atoms with Crippen molar-refractivity contribution in [3.63, 3.8) is 0 Å². The van der Waals surface area contributed by atoms with Crippen LogP contribution in [0.2, 0.25) is 0 Å². The number of imidazole rings is 1. The van der Waals surface area contributed by atoms with Gasteiger partial charge in [0.2, 0.25) is 0 Å². The molecule has 0 bridgehead atoms. The van der Waals surface area contributed by atoms with Crippen LogP contribution in [0.15, 0.2) is 41.2 Å². The van der Waals surface area contributed by atoms with Gasteiger partial charge in [0.25, 0.3) is 0 Å². The molecular formula is C20H23N3O3. The Labute approximate surface area is 152 Å². The summed E-state index contributed by atoms with van der Waals surface area (Å²) in [7, 11) is 5.14. The Morgan fingerprint density at radius 3 is 2.35 bits per heavy atom. The van der Waals surface area contributed by atoms with E-state index in [4.69, 9.17) is 9.47 Å². The summed E-state index contributed by atoms with van der Waals surface area (Å²) in [5.41, 5.74) is 4.45. The Morgan fingerprint density at radius 1 is 1.00 bits per heavy atom. The van der Waals surface area contributed by atoms with Crippen LogP contribution in [0.4, 0.5) is 0 Å². The summed E-state index contributed by atoms with van der Waals surface area (Å²) in [4.78, 5) is 14.9. The number of benzene rings is 2. The summed E-state index contributed by atoms with van der Waals surface area (Å²) in [6.45, 7) is 2.26. The van der Waals surface area contributed by atoms with E-state index in [0.29, 0.717) is 6.67 Å². The van der Waals surface area contributed by atoms with Crippen molar-refractivity contribution in [2.45, 2.75) is 19.6 Å². The third kappa shape index (κ3) is 2.66. The maximum Gasteiger partial charge on any atom is 0.329 e. The highest BCUT2D eigenvalue weighted by atomic mass is 16.5. The molecule has 2 aromatic carbocycles. The maximum atomic E-state index is 12.7. The topological polar surface area (TPSA) is 48.6 Å². The number of hydrogen-bond acceptors (Lipinski definition) is 4. The van der Waals surface area contributed by atoms with Gasteiger partial charge in [-0.25, -0.2) is 4.79 Å². The van der Waals surface area contributed by atoms with Crippen LogP contribution in [0, 0.1) is 0 Å². The number of nitrogens with zero attached hydrogens (tertiary/aromatic N) is 3. The predicted molar refractivity (Wildman–Crippen MR) is 101 cm³/mol. The molecule has 0 fully saturated rings. The fraction of sp³-hybridized carbons (Fsp3) is 0.350. The van der Waals surface area contributed by atoms with E-state index in [1.54, 1.807) is 18.8 Å². The number of ether oxygens (including phenoxy) is 2. The molecule has 136 valence electrons. The van der Waals surface area contributed by atoms with Crippen molar-refractivity contribution in [3.05, 3.63) is 58.0 Å². The molecule has 26 heavy (non-hydrogen) atoms. The normalized spacial score (nSPS) is 14.4. The van der Waals surface area contributed by atoms with Crippen molar-refractivity contribution in [2.24, 2.45) is 7.05 Å². The highest BCUT2D eigenvalue weighted by Gasteiger charge is 2.21. The van der Waals surface area contributed by atoms with Crippen LogP contribution in [-0.2, 0) is 26.7 Å². The molecule has 1 aliphatic rings. The van der Waals surface area contributed by atoms with Crippen LogP contribution in [0.25, 0.3) is 11.0 Å². The van der Waals surface area contributed by atoms with Gasteiger partial charge in [-0.1, -0.05) is 12.1 Å². The third-order valence-electron chi connectivity index (χ3n) is 5.19. The first-order valence-electron chi connectivity index (χ1n) is 8.72. The Balaban J connectivity index is 1.65. The quantitative estimate of drug-likeness (QED) is 0.723. The number of aryl methyl sites for hydroxylation is 1. The molecule has 0 aliphatic carbocycles. The molecule has 0 radical (unpaired) electrons. The molecule has 4 rings (SSSR count). The van der Waals surface area contributed by atoms with E-state index in [1.807, 2.05) is 41.9 Å². The van der Waals surface area contributed by atoms with Crippen LogP contribution in [-0.4, -0.2) is 34.8 Å². The monoisotopic (exact) mass is 353 g/mol.